The number of amides is 1. The van der Waals surface area contributed by atoms with E-state index in [-0.39, 0.29) is 16.8 Å². The van der Waals surface area contributed by atoms with Crippen molar-refractivity contribution >= 4 is 54.9 Å². The van der Waals surface area contributed by atoms with Crippen LogP contribution in [-0.2, 0) is 0 Å². The number of nitro groups is 1. The van der Waals surface area contributed by atoms with Gasteiger partial charge >= 0.3 is 0 Å². The molecule has 9 heteroatoms. The van der Waals surface area contributed by atoms with Gasteiger partial charge in [0.25, 0.3) is 11.6 Å². The SMILES string of the molecule is O=C(NN=c1oc2ccc3ccccc3c2cc1-c1nc2ccccc2s1)c1ccccc1[N+](=O)[O-]. The third-order valence-electron chi connectivity index (χ3n) is 5.79. The van der Waals surface area contributed by atoms with Gasteiger partial charge in [-0.2, -0.15) is 0 Å². The van der Waals surface area contributed by atoms with E-state index >= 15 is 0 Å². The lowest BCUT2D eigenvalue weighted by Gasteiger charge is -2.06. The van der Waals surface area contributed by atoms with E-state index in [9.17, 15) is 14.9 Å². The van der Waals surface area contributed by atoms with Gasteiger partial charge in [0.1, 0.15) is 16.2 Å². The number of para-hydroxylation sites is 2. The minimum atomic E-state index is -0.716. The summed E-state index contributed by atoms with van der Waals surface area (Å²) in [6.45, 7) is 0. The summed E-state index contributed by atoms with van der Waals surface area (Å²) in [6.07, 6.45) is 0. The first-order valence-electron chi connectivity index (χ1n) is 11.0. The molecule has 1 N–H and O–H groups in total. The Labute approximate surface area is 207 Å². The van der Waals surface area contributed by atoms with Crippen molar-refractivity contribution in [2.45, 2.75) is 0 Å². The lowest BCUT2D eigenvalue weighted by molar-refractivity contribution is -0.385. The molecule has 0 aliphatic rings. The van der Waals surface area contributed by atoms with Crippen LogP contribution in [0.25, 0.3) is 42.5 Å². The molecule has 0 bridgehead atoms. The van der Waals surface area contributed by atoms with E-state index in [0.29, 0.717) is 16.2 Å². The summed E-state index contributed by atoms with van der Waals surface area (Å²) in [5.74, 6) is -0.716. The van der Waals surface area contributed by atoms with Crippen molar-refractivity contribution in [2.24, 2.45) is 5.10 Å². The predicted molar refractivity (Wildman–Crippen MR) is 138 cm³/mol. The molecule has 8 nitrogen and oxygen atoms in total. The molecule has 4 aromatic carbocycles. The third-order valence-corrected chi connectivity index (χ3v) is 6.85. The number of nitrogens with zero attached hydrogens (tertiary/aromatic N) is 3. The second-order valence-electron chi connectivity index (χ2n) is 7.98. The van der Waals surface area contributed by atoms with Gasteiger partial charge in [-0.3, -0.25) is 14.9 Å². The minimum Gasteiger partial charge on any atom is -0.436 e. The third kappa shape index (κ3) is 3.77. The van der Waals surface area contributed by atoms with Crippen LogP contribution in [0, 0.1) is 10.1 Å². The largest absolute Gasteiger partial charge is 0.436 e. The predicted octanol–water partition coefficient (Wildman–Crippen LogP) is 6.02. The maximum atomic E-state index is 12.8. The summed E-state index contributed by atoms with van der Waals surface area (Å²) in [6, 6.07) is 27.2. The highest BCUT2D eigenvalue weighted by Gasteiger charge is 2.19. The monoisotopic (exact) mass is 492 g/mol. The molecule has 1 amide bonds. The second kappa shape index (κ2) is 8.71. The highest BCUT2D eigenvalue weighted by molar-refractivity contribution is 7.21. The Bertz CT molecular complexity index is 1860. The van der Waals surface area contributed by atoms with Gasteiger partial charge in [-0.25, -0.2) is 10.4 Å². The normalized spacial score (nSPS) is 11.8. The highest BCUT2D eigenvalue weighted by Crippen LogP contribution is 2.32. The van der Waals surface area contributed by atoms with Crippen LogP contribution in [0.15, 0.2) is 101 Å². The highest BCUT2D eigenvalue weighted by atomic mass is 32.1. The Morgan fingerprint density at radius 3 is 2.58 bits per heavy atom. The fourth-order valence-corrected chi connectivity index (χ4v) is 5.06. The van der Waals surface area contributed by atoms with Gasteiger partial charge in [0.05, 0.1) is 20.7 Å². The van der Waals surface area contributed by atoms with Crippen LogP contribution in [0.4, 0.5) is 5.69 Å². The van der Waals surface area contributed by atoms with Crippen LogP contribution >= 0.6 is 11.3 Å². The fraction of sp³-hybridized carbons (Fsp3) is 0. The first kappa shape index (κ1) is 21.6. The molecule has 0 aliphatic carbocycles. The van der Waals surface area contributed by atoms with Crippen LogP contribution in [0.2, 0.25) is 0 Å². The molecule has 0 spiro atoms. The molecule has 0 atom stereocenters. The molecule has 0 aliphatic heterocycles. The van der Waals surface area contributed by atoms with E-state index in [1.807, 2.05) is 66.7 Å². The maximum Gasteiger partial charge on any atom is 0.282 e. The quantitative estimate of drug-likeness (QED) is 0.184. The average molecular weight is 493 g/mol. The van der Waals surface area contributed by atoms with E-state index < -0.39 is 10.8 Å². The number of benzene rings is 4. The van der Waals surface area contributed by atoms with Gasteiger partial charge in [-0.05, 0) is 41.1 Å². The van der Waals surface area contributed by atoms with Gasteiger partial charge in [-0.1, -0.05) is 54.6 Å². The van der Waals surface area contributed by atoms with Crippen LogP contribution in [0.1, 0.15) is 10.4 Å². The average Bonchev–Trinajstić information content (AvgIpc) is 3.35. The Morgan fingerprint density at radius 2 is 1.72 bits per heavy atom. The van der Waals surface area contributed by atoms with Crippen molar-refractivity contribution in [1.29, 1.82) is 0 Å². The van der Waals surface area contributed by atoms with Gasteiger partial charge in [0.2, 0.25) is 5.55 Å². The van der Waals surface area contributed by atoms with Crippen LogP contribution in [0.5, 0.6) is 0 Å². The van der Waals surface area contributed by atoms with Crippen molar-refractivity contribution in [3.05, 3.63) is 112 Å². The van der Waals surface area contributed by atoms with E-state index in [2.05, 4.69) is 10.5 Å². The van der Waals surface area contributed by atoms with E-state index in [0.717, 1.165) is 26.4 Å². The van der Waals surface area contributed by atoms with Crippen molar-refractivity contribution < 1.29 is 14.1 Å². The van der Waals surface area contributed by atoms with E-state index in [1.165, 1.54) is 29.5 Å². The van der Waals surface area contributed by atoms with Gasteiger partial charge < -0.3 is 4.42 Å². The number of hydrogen-bond acceptors (Lipinski definition) is 7. The Kier molecular flexibility index (Phi) is 5.24. The Morgan fingerprint density at radius 1 is 0.944 bits per heavy atom. The summed E-state index contributed by atoms with van der Waals surface area (Å²) in [5.41, 5.74) is 4.18. The van der Waals surface area contributed by atoms with Crippen molar-refractivity contribution in [1.82, 2.24) is 10.4 Å². The molecular weight excluding hydrogens is 476 g/mol. The summed E-state index contributed by atoms with van der Waals surface area (Å²) < 4.78 is 7.17. The maximum absolute atomic E-state index is 12.8. The number of nitrogens with one attached hydrogen (secondary N) is 1. The molecule has 0 unspecified atom stereocenters. The number of nitro benzene ring substituents is 1. The molecule has 0 radical (unpaired) electrons. The number of carbonyl (C=O) groups is 1. The lowest BCUT2D eigenvalue weighted by Crippen LogP contribution is -2.23. The second-order valence-corrected chi connectivity index (χ2v) is 9.01. The standard InChI is InChI=1S/C27H16N4O4S/c32-25(18-9-3-5-11-22(18)31(33)34)29-30-26-20(27-28-21-10-4-6-12-24(21)36-27)15-19-17-8-2-1-7-16(17)13-14-23(19)35-26/h1-15H,(H,29,32). The van der Waals surface area contributed by atoms with Crippen LogP contribution in [0.3, 0.4) is 0 Å². The van der Waals surface area contributed by atoms with Crippen LogP contribution < -0.4 is 11.0 Å². The number of carbonyl (C=O) groups excluding carboxylic acids is 1. The zero-order valence-corrected chi connectivity index (χ0v) is 19.4. The molecule has 6 rings (SSSR count). The topological polar surface area (TPSA) is 111 Å². The van der Waals surface area contributed by atoms with Crippen LogP contribution in [-0.4, -0.2) is 15.8 Å². The molecule has 0 fully saturated rings. The summed E-state index contributed by atoms with van der Waals surface area (Å²) >= 11 is 1.48. The van der Waals surface area contributed by atoms with E-state index in [4.69, 9.17) is 9.40 Å². The van der Waals surface area contributed by atoms with Gasteiger partial charge in [-0.15, -0.1) is 16.4 Å². The summed E-state index contributed by atoms with van der Waals surface area (Å²) in [4.78, 5) is 28.3. The molecule has 2 heterocycles. The first-order chi connectivity index (χ1) is 17.6. The van der Waals surface area contributed by atoms with Gasteiger partial charge in [0.15, 0.2) is 0 Å². The Balaban J connectivity index is 1.54. The number of thiazole rings is 1. The molecule has 0 saturated carbocycles. The van der Waals surface area contributed by atoms with Gasteiger partial charge in [0, 0.05) is 11.5 Å². The number of aromatic nitrogens is 1. The smallest absolute Gasteiger partial charge is 0.282 e. The number of rotatable bonds is 4. The van der Waals surface area contributed by atoms with Crippen molar-refractivity contribution in [3.63, 3.8) is 0 Å². The summed E-state index contributed by atoms with van der Waals surface area (Å²) in [7, 11) is 0. The Hall–Kier alpha value is -4.89. The molecule has 6 aromatic rings. The summed E-state index contributed by atoms with van der Waals surface area (Å²) in [5, 5.41) is 19.2. The number of fused-ring (bicyclic) bond motifs is 4. The molecule has 174 valence electrons. The van der Waals surface area contributed by atoms with Crippen molar-refractivity contribution in [3.8, 4) is 10.6 Å². The zero-order chi connectivity index (χ0) is 24.6. The van der Waals surface area contributed by atoms with E-state index in [1.54, 1.807) is 6.07 Å². The molecule has 36 heavy (non-hydrogen) atoms. The lowest BCUT2D eigenvalue weighted by atomic mass is 10.0. The first-order valence-corrected chi connectivity index (χ1v) is 11.8. The molecule has 0 saturated heterocycles. The fourth-order valence-electron chi connectivity index (χ4n) is 4.09. The molecular formula is C27H16N4O4S. The number of hydrogen-bond donors (Lipinski definition) is 1. The molecule has 2 aromatic heterocycles. The zero-order valence-electron chi connectivity index (χ0n) is 18.5. The van der Waals surface area contributed by atoms with Crippen molar-refractivity contribution in [2.75, 3.05) is 0 Å². The minimum absolute atomic E-state index is 0.0976.